The molecule has 9 heteroatoms. The Kier molecular flexibility index (Phi) is 5.51. The number of pyridine rings is 1. The Balaban J connectivity index is 1.38. The highest BCUT2D eigenvalue weighted by Crippen LogP contribution is 2.41. The van der Waals surface area contributed by atoms with Crippen LogP contribution in [0.3, 0.4) is 0 Å². The Morgan fingerprint density at radius 2 is 1.77 bits per heavy atom. The van der Waals surface area contributed by atoms with Gasteiger partial charge in [0, 0.05) is 42.8 Å². The predicted molar refractivity (Wildman–Crippen MR) is 127 cm³/mol. The zero-order chi connectivity index (χ0) is 24.3. The molecule has 4 heterocycles. The van der Waals surface area contributed by atoms with Gasteiger partial charge in [-0.15, -0.1) is 0 Å². The topological polar surface area (TPSA) is 74.8 Å². The molecule has 1 saturated heterocycles. The number of aromatic nitrogens is 5. The highest BCUT2D eigenvalue weighted by atomic mass is 19.3. The molecule has 3 aromatic heterocycles. The van der Waals surface area contributed by atoms with Crippen molar-refractivity contribution in [1.82, 2.24) is 24.3 Å². The molecule has 3 aromatic rings. The maximum absolute atomic E-state index is 13.9. The number of alkyl halides is 2. The van der Waals surface area contributed by atoms with Gasteiger partial charge in [-0.1, -0.05) is 0 Å². The van der Waals surface area contributed by atoms with Gasteiger partial charge in [-0.3, -0.25) is 14.0 Å². The lowest BCUT2D eigenvalue weighted by molar-refractivity contribution is -0.0439. The average molecular weight is 484 g/mol. The Bertz CT molecular complexity index is 1320. The van der Waals surface area contributed by atoms with Crippen molar-refractivity contribution in [3.63, 3.8) is 0 Å². The third-order valence-corrected chi connectivity index (χ3v) is 7.99. The van der Waals surface area contributed by atoms with Gasteiger partial charge in [0.25, 0.3) is 5.56 Å². The molecule has 0 unspecified atom stereocenters. The summed E-state index contributed by atoms with van der Waals surface area (Å²) in [4.78, 5) is 23.4. The van der Waals surface area contributed by atoms with Gasteiger partial charge in [0.2, 0.25) is 5.92 Å². The molecule has 3 fully saturated rings. The molecule has 0 radical (unpaired) electrons. The summed E-state index contributed by atoms with van der Waals surface area (Å²) in [7, 11) is 0. The molecule has 7 nitrogen and oxygen atoms in total. The molecule has 0 N–H and O–H groups in total. The number of rotatable bonds is 4. The van der Waals surface area contributed by atoms with Crippen LogP contribution < -0.4 is 5.56 Å². The van der Waals surface area contributed by atoms with Gasteiger partial charge in [-0.05, 0) is 64.4 Å². The lowest BCUT2D eigenvalue weighted by Crippen LogP contribution is -2.35. The van der Waals surface area contributed by atoms with Gasteiger partial charge >= 0.3 is 0 Å². The molecule has 35 heavy (non-hydrogen) atoms. The zero-order valence-electron chi connectivity index (χ0n) is 20.2. The maximum atomic E-state index is 13.9. The second-order valence-electron chi connectivity index (χ2n) is 10.5. The second-order valence-corrected chi connectivity index (χ2v) is 10.5. The van der Waals surface area contributed by atoms with Crippen LogP contribution in [0.1, 0.15) is 98.0 Å². The van der Waals surface area contributed by atoms with Crippen molar-refractivity contribution in [3.05, 3.63) is 51.3 Å². The summed E-state index contributed by atoms with van der Waals surface area (Å²) in [6.07, 6.45) is 7.67. The molecule has 3 aliphatic rings. The Hall–Kier alpha value is -2.68. The van der Waals surface area contributed by atoms with Crippen molar-refractivity contribution in [3.8, 4) is 0 Å². The molecule has 0 aromatic carbocycles. The Morgan fingerprint density at radius 3 is 2.51 bits per heavy atom. The monoisotopic (exact) mass is 483 g/mol. The van der Waals surface area contributed by atoms with E-state index in [0.29, 0.717) is 35.8 Å². The van der Waals surface area contributed by atoms with Crippen LogP contribution in [0.2, 0.25) is 0 Å². The van der Waals surface area contributed by atoms with Gasteiger partial charge in [0.15, 0.2) is 5.65 Å². The lowest BCUT2D eigenvalue weighted by atomic mass is 9.87. The van der Waals surface area contributed by atoms with Crippen LogP contribution in [-0.2, 0) is 4.74 Å². The largest absolute Gasteiger partial charge is 0.373 e. The van der Waals surface area contributed by atoms with Gasteiger partial charge < -0.3 is 4.74 Å². The fourth-order valence-corrected chi connectivity index (χ4v) is 5.61. The number of hydrogen-bond acceptors (Lipinski definition) is 5. The van der Waals surface area contributed by atoms with Crippen LogP contribution in [0.25, 0.3) is 11.2 Å². The van der Waals surface area contributed by atoms with Gasteiger partial charge in [-0.2, -0.15) is 5.10 Å². The van der Waals surface area contributed by atoms with Crippen LogP contribution in [-0.4, -0.2) is 36.8 Å². The maximum Gasteiger partial charge on any atom is 0.256 e. The van der Waals surface area contributed by atoms with E-state index in [-0.39, 0.29) is 49.3 Å². The van der Waals surface area contributed by atoms with Crippen molar-refractivity contribution in [2.24, 2.45) is 0 Å². The molecule has 2 atom stereocenters. The molecule has 186 valence electrons. The van der Waals surface area contributed by atoms with E-state index in [2.05, 4.69) is 11.3 Å². The molecule has 1 aliphatic heterocycles. The van der Waals surface area contributed by atoms with Crippen LogP contribution in [0.15, 0.2) is 23.3 Å². The number of hydrogen-bond donors (Lipinski definition) is 0. The molecule has 0 spiro atoms. The number of aryl methyl sites for hydroxylation is 2. The SMILES string of the molecule is Cc1nc2cc([C@H]3CCO[C@@H](c4cnn(C5CC5)c4)C3)c(=O)n(C3CCC(F)(F)CC3)c2nc1C. The molecule has 2 saturated carbocycles. The number of fused-ring (bicyclic) bond motifs is 1. The summed E-state index contributed by atoms with van der Waals surface area (Å²) in [5, 5.41) is 4.51. The van der Waals surface area contributed by atoms with Crippen LogP contribution in [0.5, 0.6) is 0 Å². The lowest BCUT2D eigenvalue weighted by Gasteiger charge is -2.32. The molecule has 0 amide bonds. The van der Waals surface area contributed by atoms with Crippen molar-refractivity contribution >= 4 is 11.2 Å². The van der Waals surface area contributed by atoms with E-state index in [1.165, 1.54) is 12.8 Å². The first kappa shape index (κ1) is 22.8. The standard InChI is InChI=1S/C26H31F2N5O2/c1-15-16(2)31-24-22(30-15)12-21(25(34)33(24)20-5-8-26(27,28)9-6-20)17-7-10-35-23(11-17)18-13-29-32(14-18)19-3-4-19/h12-14,17,19-20,23H,3-11H2,1-2H3/t17-,23+/m0/s1. The normalized spacial score (nSPS) is 25.3. The van der Waals surface area contributed by atoms with E-state index in [0.717, 1.165) is 23.4 Å². The first-order valence-corrected chi connectivity index (χ1v) is 12.7. The second kappa shape index (κ2) is 8.47. The van der Waals surface area contributed by atoms with Crippen molar-refractivity contribution in [2.75, 3.05) is 6.61 Å². The molecule has 2 aliphatic carbocycles. The van der Waals surface area contributed by atoms with E-state index < -0.39 is 5.92 Å². The van der Waals surface area contributed by atoms with Crippen LogP contribution >= 0.6 is 0 Å². The smallest absolute Gasteiger partial charge is 0.256 e. The summed E-state index contributed by atoms with van der Waals surface area (Å²) in [5.74, 6) is -2.67. The average Bonchev–Trinajstić information content (AvgIpc) is 3.57. The predicted octanol–water partition coefficient (Wildman–Crippen LogP) is 5.33. The van der Waals surface area contributed by atoms with Crippen molar-refractivity contribution < 1.29 is 13.5 Å². The van der Waals surface area contributed by atoms with Crippen molar-refractivity contribution in [2.45, 2.75) is 95.2 Å². The minimum Gasteiger partial charge on any atom is -0.373 e. The first-order valence-electron chi connectivity index (χ1n) is 12.7. The fourth-order valence-electron chi connectivity index (χ4n) is 5.61. The van der Waals surface area contributed by atoms with Gasteiger partial charge in [-0.25, -0.2) is 18.7 Å². The quantitative estimate of drug-likeness (QED) is 0.502. The highest BCUT2D eigenvalue weighted by molar-refractivity contribution is 5.72. The zero-order valence-corrected chi connectivity index (χ0v) is 20.2. The third kappa shape index (κ3) is 4.28. The van der Waals surface area contributed by atoms with E-state index >= 15 is 0 Å². The molecular formula is C26H31F2N5O2. The summed E-state index contributed by atoms with van der Waals surface area (Å²) < 4.78 is 37.6. The minimum atomic E-state index is -2.66. The van der Waals surface area contributed by atoms with E-state index in [4.69, 9.17) is 14.7 Å². The number of halogens is 2. The third-order valence-electron chi connectivity index (χ3n) is 7.99. The van der Waals surface area contributed by atoms with Gasteiger partial charge in [0.05, 0.1) is 29.7 Å². The Morgan fingerprint density at radius 1 is 1.03 bits per heavy atom. The van der Waals surface area contributed by atoms with E-state index in [9.17, 15) is 13.6 Å². The Labute approximate surface area is 202 Å². The van der Waals surface area contributed by atoms with Crippen LogP contribution in [0, 0.1) is 13.8 Å². The first-order chi connectivity index (χ1) is 16.8. The highest BCUT2D eigenvalue weighted by Gasteiger charge is 2.37. The summed E-state index contributed by atoms with van der Waals surface area (Å²) in [6.45, 7) is 4.32. The number of ether oxygens (including phenoxy) is 1. The molecule has 0 bridgehead atoms. The molecule has 6 rings (SSSR count). The number of nitrogens with zero attached hydrogens (tertiary/aromatic N) is 5. The van der Waals surface area contributed by atoms with Crippen LogP contribution in [0.4, 0.5) is 8.78 Å². The molecular weight excluding hydrogens is 452 g/mol. The van der Waals surface area contributed by atoms with E-state index in [1.54, 1.807) is 4.57 Å². The minimum absolute atomic E-state index is 0.00499. The van der Waals surface area contributed by atoms with Gasteiger partial charge in [0.1, 0.15) is 5.52 Å². The summed E-state index contributed by atoms with van der Waals surface area (Å²) in [6, 6.07) is 2.09. The van der Waals surface area contributed by atoms with Crippen molar-refractivity contribution in [1.29, 1.82) is 0 Å². The fraction of sp³-hybridized carbons (Fsp3) is 0.615. The summed E-state index contributed by atoms with van der Waals surface area (Å²) >= 11 is 0. The summed E-state index contributed by atoms with van der Waals surface area (Å²) in [5.41, 5.74) is 4.33. The van der Waals surface area contributed by atoms with E-state index in [1.807, 2.05) is 30.8 Å².